The van der Waals surface area contributed by atoms with Gasteiger partial charge in [-0.25, -0.2) is 0 Å². The summed E-state index contributed by atoms with van der Waals surface area (Å²) in [6.45, 7) is 1.58. The number of hydrogen-bond acceptors (Lipinski definition) is 2. The molecular formula is C18H16N2OS. The molecule has 0 saturated heterocycles. The number of nitrogens with zero attached hydrogens (tertiary/aromatic N) is 2. The molecule has 0 spiro atoms. The molecule has 4 heteroatoms. The molecule has 22 heavy (non-hydrogen) atoms. The summed E-state index contributed by atoms with van der Waals surface area (Å²) in [5, 5.41) is 1.96. The van der Waals surface area contributed by atoms with Crippen LogP contribution >= 0.6 is 11.3 Å². The van der Waals surface area contributed by atoms with Gasteiger partial charge in [0.25, 0.3) is 5.91 Å². The summed E-state index contributed by atoms with van der Waals surface area (Å²) < 4.78 is 2.25. The highest BCUT2D eigenvalue weighted by Crippen LogP contribution is 2.33. The number of fused-ring (bicyclic) bond motifs is 1. The van der Waals surface area contributed by atoms with Gasteiger partial charge in [-0.2, -0.15) is 0 Å². The first-order chi connectivity index (χ1) is 10.8. The minimum absolute atomic E-state index is 0.0143. The summed E-state index contributed by atoms with van der Waals surface area (Å²) in [6.07, 6.45) is 2.10. The van der Waals surface area contributed by atoms with E-state index in [4.69, 9.17) is 0 Å². The molecule has 1 amide bonds. The third-order valence-corrected chi connectivity index (χ3v) is 5.00. The average Bonchev–Trinajstić information content (AvgIpc) is 3.25. The average molecular weight is 308 g/mol. The second kappa shape index (κ2) is 5.46. The van der Waals surface area contributed by atoms with Crippen LogP contribution in [-0.4, -0.2) is 21.9 Å². The van der Waals surface area contributed by atoms with Crippen molar-refractivity contribution >= 4 is 17.2 Å². The molecule has 1 aromatic carbocycles. The Balaban J connectivity index is 1.79. The lowest BCUT2D eigenvalue weighted by Crippen LogP contribution is -2.42. The van der Waals surface area contributed by atoms with Gasteiger partial charge in [-0.3, -0.25) is 4.79 Å². The number of carbonyl (C=O) groups excluding carboxylic acids is 1. The predicted octanol–water partition coefficient (Wildman–Crippen LogP) is 3.80. The molecular weight excluding hydrogens is 292 g/mol. The minimum atomic E-state index is -0.0143. The fourth-order valence-corrected chi connectivity index (χ4v) is 3.81. The molecule has 3 heterocycles. The quantitative estimate of drug-likeness (QED) is 0.707. The van der Waals surface area contributed by atoms with E-state index in [-0.39, 0.29) is 11.9 Å². The first kappa shape index (κ1) is 13.3. The standard InChI is InChI=1S/C18H16N2OS/c21-18(16-9-5-13-22-16)20-12-11-19-10-4-8-15(19)17(20)14-6-2-1-3-7-14/h1-10,13,17H,11-12H2. The van der Waals surface area contributed by atoms with Crippen LogP contribution in [0.25, 0.3) is 0 Å². The zero-order valence-corrected chi connectivity index (χ0v) is 12.9. The van der Waals surface area contributed by atoms with Gasteiger partial charge in [0.15, 0.2) is 0 Å². The van der Waals surface area contributed by atoms with Gasteiger partial charge < -0.3 is 9.47 Å². The minimum Gasteiger partial charge on any atom is -0.348 e. The maximum Gasteiger partial charge on any atom is 0.264 e. The fraction of sp³-hybridized carbons (Fsp3) is 0.167. The van der Waals surface area contributed by atoms with Crippen molar-refractivity contribution in [2.75, 3.05) is 6.54 Å². The Labute approximate surface area is 133 Å². The summed E-state index contributed by atoms with van der Waals surface area (Å²) in [7, 11) is 0. The van der Waals surface area contributed by atoms with Gasteiger partial charge in [0.05, 0.1) is 10.9 Å². The Bertz CT molecular complexity index is 777. The van der Waals surface area contributed by atoms with Gasteiger partial charge in [0, 0.05) is 25.0 Å². The molecule has 0 N–H and O–H groups in total. The molecule has 3 aromatic rings. The largest absolute Gasteiger partial charge is 0.348 e. The number of carbonyl (C=O) groups is 1. The zero-order valence-electron chi connectivity index (χ0n) is 12.1. The molecule has 0 radical (unpaired) electrons. The Kier molecular flexibility index (Phi) is 3.31. The molecule has 0 saturated carbocycles. The molecule has 0 bridgehead atoms. The first-order valence-corrected chi connectivity index (χ1v) is 8.27. The van der Waals surface area contributed by atoms with Crippen LogP contribution in [0.3, 0.4) is 0 Å². The van der Waals surface area contributed by atoms with Crippen LogP contribution in [0, 0.1) is 0 Å². The van der Waals surface area contributed by atoms with Crippen molar-refractivity contribution in [2.24, 2.45) is 0 Å². The summed E-state index contributed by atoms with van der Waals surface area (Å²) >= 11 is 1.51. The highest BCUT2D eigenvalue weighted by atomic mass is 32.1. The topological polar surface area (TPSA) is 25.2 Å². The maximum absolute atomic E-state index is 12.9. The van der Waals surface area contributed by atoms with E-state index < -0.39 is 0 Å². The highest BCUT2D eigenvalue weighted by Gasteiger charge is 2.32. The predicted molar refractivity (Wildman–Crippen MR) is 88.1 cm³/mol. The second-order valence-corrected chi connectivity index (χ2v) is 6.36. The van der Waals surface area contributed by atoms with Crippen molar-refractivity contribution in [3.05, 3.63) is 82.3 Å². The van der Waals surface area contributed by atoms with Crippen molar-refractivity contribution in [2.45, 2.75) is 12.6 Å². The molecule has 3 nitrogen and oxygen atoms in total. The number of thiophene rings is 1. The molecule has 0 fully saturated rings. The summed E-state index contributed by atoms with van der Waals surface area (Å²) in [4.78, 5) is 15.7. The lowest BCUT2D eigenvalue weighted by Gasteiger charge is -2.37. The Morgan fingerprint density at radius 1 is 1.00 bits per heavy atom. The summed E-state index contributed by atoms with van der Waals surface area (Å²) in [5.41, 5.74) is 2.34. The Hall–Kier alpha value is -2.33. The summed E-state index contributed by atoms with van der Waals surface area (Å²) in [5.74, 6) is 0.122. The highest BCUT2D eigenvalue weighted by molar-refractivity contribution is 7.12. The molecule has 110 valence electrons. The molecule has 4 rings (SSSR count). The van der Waals surface area contributed by atoms with Gasteiger partial charge in [0.2, 0.25) is 0 Å². The number of benzene rings is 1. The van der Waals surface area contributed by atoms with E-state index in [0.29, 0.717) is 0 Å². The van der Waals surface area contributed by atoms with E-state index in [1.807, 2.05) is 40.6 Å². The number of amides is 1. The lowest BCUT2D eigenvalue weighted by atomic mass is 10.00. The van der Waals surface area contributed by atoms with Crippen LogP contribution in [0.2, 0.25) is 0 Å². The monoisotopic (exact) mass is 308 g/mol. The van der Waals surface area contributed by atoms with E-state index in [9.17, 15) is 4.79 Å². The van der Waals surface area contributed by atoms with Gasteiger partial charge >= 0.3 is 0 Å². The SMILES string of the molecule is O=C(c1cccs1)N1CCn2cccc2C1c1ccccc1. The summed E-state index contributed by atoms with van der Waals surface area (Å²) in [6, 6.07) is 18.3. The van der Waals surface area contributed by atoms with Crippen LogP contribution in [0.1, 0.15) is 27.0 Å². The van der Waals surface area contributed by atoms with E-state index in [1.165, 1.54) is 17.0 Å². The van der Waals surface area contributed by atoms with Crippen LogP contribution in [0.15, 0.2) is 66.2 Å². The first-order valence-electron chi connectivity index (χ1n) is 7.39. The van der Waals surface area contributed by atoms with Gasteiger partial charge in [-0.05, 0) is 29.1 Å². The molecule has 1 aliphatic heterocycles. The van der Waals surface area contributed by atoms with Gasteiger partial charge in [0.1, 0.15) is 0 Å². The third-order valence-electron chi connectivity index (χ3n) is 4.15. The molecule has 0 aliphatic carbocycles. The van der Waals surface area contributed by atoms with Gasteiger partial charge in [-0.15, -0.1) is 11.3 Å². The van der Waals surface area contributed by atoms with E-state index in [2.05, 4.69) is 35.0 Å². The van der Waals surface area contributed by atoms with E-state index >= 15 is 0 Å². The van der Waals surface area contributed by atoms with Gasteiger partial charge in [-0.1, -0.05) is 36.4 Å². The molecule has 1 unspecified atom stereocenters. The van der Waals surface area contributed by atoms with Crippen LogP contribution in [-0.2, 0) is 6.54 Å². The van der Waals surface area contributed by atoms with E-state index in [1.54, 1.807) is 0 Å². The fourth-order valence-electron chi connectivity index (χ4n) is 3.13. The number of hydrogen-bond donors (Lipinski definition) is 0. The van der Waals surface area contributed by atoms with Crippen molar-refractivity contribution in [1.29, 1.82) is 0 Å². The van der Waals surface area contributed by atoms with Crippen molar-refractivity contribution < 1.29 is 4.79 Å². The van der Waals surface area contributed by atoms with Crippen molar-refractivity contribution in [1.82, 2.24) is 9.47 Å². The van der Waals surface area contributed by atoms with E-state index in [0.717, 1.165) is 23.5 Å². The van der Waals surface area contributed by atoms with Crippen molar-refractivity contribution in [3.8, 4) is 0 Å². The normalized spacial score (nSPS) is 17.3. The number of rotatable bonds is 2. The van der Waals surface area contributed by atoms with Crippen LogP contribution < -0.4 is 0 Å². The number of aromatic nitrogens is 1. The third kappa shape index (κ3) is 2.16. The Morgan fingerprint density at radius 2 is 1.86 bits per heavy atom. The second-order valence-electron chi connectivity index (χ2n) is 5.42. The zero-order chi connectivity index (χ0) is 14.9. The van der Waals surface area contributed by atoms with Crippen LogP contribution in [0.4, 0.5) is 0 Å². The molecule has 2 aromatic heterocycles. The van der Waals surface area contributed by atoms with Crippen molar-refractivity contribution in [3.63, 3.8) is 0 Å². The maximum atomic E-state index is 12.9. The smallest absolute Gasteiger partial charge is 0.264 e. The lowest BCUT2D eigenvalue weighted by molar-refractivity contribution is 0.0669. The molecule has 1 atom stereocenters. The Morgan fingerprint density at radius 3 is 2.64 bits per heavy atom. The molecule has 1 aliphatic rings. The van der Waals surface area contributed by atoms with Crippen LogP contribution in [0.5, 0.6) is 0 Å².